The fraction of sp³-hybridized carbons (Fsp3) is 0.667. The van der Waals surface area contributed by atoms with Crippen LogP contribution in [0.15, 0.2) is 12.1 Å². The average Bonchev–Trinajstić information content (AvgIpc) is 2.30. The maximum absolute atomic E-state index is 4.24. The lowest BCUT2D eigenvalue weighted by molar-refractivity contribution is 0.405. The van der Waals surface area contributed by atoms with Crippen molar-refractivity contribution in [2.75, 3.05) is 18.0 Å². The Morgan fingerprint density at radius 3 is 2.50 bits per heavy atom. The summed E-state index contributed by atoms with van der Waals surface area (Å²) in [5, 5.41) is 8.34. The molecule has 0 spiro atoms. The van der Waals surface area contributed by atoms with E-state index in [1.54, 1.807) is 0 Å². The van der Waals surface area contributed by atoms with Crippen LogP contribution in [0.4, 0.5) is 5.82 Å². The van der Waals surface area contributed by atoms with Crippen molar-refractivity contribution in [2.24, 2.45) is 5.92 Å². The Kier molecular flexibility index (Phi) is 3.79. The topological polar surface area (TPSA) is 29.0 Å². The second kappa shape index (κ2) is 5.13. The van der Waals surface area contributed by atoms with E-state index >= 15 is 0 Å². The summed E-state index contributed by atoms with van der Waals surface area (Å²) in [5.74, 6) is 1.82. The molecule has 2 rings (SSSR count). The summed E-state index contributed by atoms with van der Waals surface area (Å²) in [6.07, 6.45) is 2.48. The minimum atomic E-state index is 0.624. The van der Waals surface area contributed by atoms with Gasteiger partial charge >= 0.3 is 0 Å². The van der Waals surface area contributed by atoms with Gasteiger partial charge in [-0.05, 0) is 37.8 Å². The molecule has 1 aromatic heterocycles. The van der Waals surface area contributed by atoms with Crippen molar-refractivity contribution in [3.63, 3.8) is 0 Å². The molecular weight excluding hydrogens is 266 g/mol. The Morgan fingerprint density at radius 1 is 1.31 bits per heavy atom. The van der Waals surface area contributed by atoms with Crippen molar-refractivity contribution in [3.05, 3.63) is 17.8 Å². The van der Waals surface area contributed by atoms with E-state index in [-0.39, 0.29) is 0 Å². The molecule has 0 N–H and O–H groups in total. The largest absolute Gasteiger partial charge is 0.355 e. The van der Waals surface area contributed by atoms with Gasteiger partial charge in [0.1, 0.15) is 0 Å². The summed E-state index contributed by atoms with van der Waals surface area (Å²) >= 11 is 3.68. The highest BCUT2D eigenvalue weighted by Crippen LogP contribution is 2.26. The van der Waals surface area contributed by atoms with Crippen LogP contribution in [0, 0.1) is 12.8 Å². The number of piperidine rings is 1. The van der Waals surface area contributed by atoms with E-state index in [0.29, 0.717) is 4.83 Å². The lowest BCUT2D eigenvalue weighted by Crippen LogP contribution is -2.36. The summed E-state index contributed by atoms with van der Waals surface area (Å²) < 4.78 is 0. The molecular formula is C12H18BrN3. The summed E-state index contributed by atoms with van der Waals surface area (Å²) in [4.78, 5) is 2.96. The summed E-state index contributed by atoms with van der Waals surface area (Å²) in [5.41, 5.74) is 0.979. The zero-order valence-electron chi connectivity index (χ0n) is 9.86. The Labute approximate surface area is 105 Å². The molecule has 0 aromatic carbocycles. The number of halogens is 1. The SMILES string of the molecule is Cc1ccc(N2CCC(C(C)Br)CC2)nn1. The zero-order chi connectivity index (χ0) is 11.5. The normalized spacial score (nSPS) is 19.8. The maximum atomic E-state index is 4.24. The number of nitrogens with zero attached hydrogens (tertiary/aromatic N) is 3. The first kappa shape index (κ1) is 11.8. The van der Waals surface area contributed by atoms with Gasteiger partial charge in [-0.15, -0.1) is 5.10 Å². The molecule has 16 heavy (non-hydrogen) atoms. The molecule has 1 unspecified atom stereocenters. The highest BCUT2D eigenvalue weighted by Gasteiger charge is 2.23. The van der Waals surface area contributed by atoms with Crippen LogP contribution in [0.1, 0.15) is 25.5 Å². The minimum Gasteiger partial charge on any atom is -0.355 e. The van der Waals surface area contributed by atoms with Gasteiger partial charge in [0, 0.05) is 17.9 Å². The van der Waals surface area contributed by atoms with E-state index in [1.165, 1.54) is 12.8 Å². The van der Waals surface area contributed by atoms with Gasteiger partial charge in [0.25, 0.3) is 0 Å². The van der Waals surface area contributed by atoms with Gasteiger partial charge in [0.2, 0.25) is 0 Å². The molecule has 0 amide bonds. The molecule has 0 radical (unpaired) electrons. The molecule has 4 heteroatoms. The van der Waals surface area contributed by atoms with Gasteiger partial charge in [-0.25, -0.2) is 0 Å². The van der Waals surface area contributed by atoms with Crippen LogP contribution in [0.2, 0.25) is 0 Å². The monoisotopic (exact) mass is 283 g/mol. The van der Waals surface area contributed by atoms with Crippen molar-refractivity contribution in [1.29, 1.82) is 0 Å². The van der Waals surface area contributed by atoms with Crippen molar-refractivity contribution in [2.45, 2.75) is 31.5 Å². The van der Waals surface area contributed by atoms with Gasteiger partial charge < -0.3 is 4.90 Å². The van der Waals surface area contributed by atoms with Gasteiger partial charge in [0.05, 0.1) is 5.69 Å². The van der Waals surface area contributed by atoms with E-state index in [9.17, 15) is 0 Å². The number of aryl methyl sites for hydroxylation is 1. The van der Waals surface area contributed by atoms with Crippen LogP contribution >= 0.6 is 15.9 Å². The standard InChI is InChI=1S/C12H18BrN3/c1-9-3-4-12(15-14-9)16-7-5-11(6-8-16)10(2)13/h3-4,10-11H,5-8H2,1-2H3. The highest BCUT2D eigenvalue weighted by molar-refractivity contribution is 9.09. The first-order valence-corrected chi connectivity index (χ1v) is 6.78. The molecule has 2 heterocycles. The number of rotatable bonds is 2. The Balaban J connectivity index is 1.96. The molecule has 1 aliphatic rings. The second-order valence-corrected chi connectivity index (χ2v) is 5.98. The van der Waals surface area contributed by atoms with E-state index < -0.39 is 0 Å². The molecule has 1 atom stereocenters. The molecule has 1 fully saturated rings. The number of anilines is 1. The number of aromatic nitrogens is 2. The second-order valence-electron chi connectivity index (χ2n) is 4.53. The van der Waals surface area contributed by atoms with Gasteiger partial charge in [-0.1, -0.05) is 22.9 Å². The Hall–Kier alpha value is -0.640. The lowest BCUT2D eigenvalue weighted by atomic mass is 9.94. The number of hydrogen-bond acceptors (Lipinski definition) is 3. The van der Waals surface area contributed by atoms with Crippen LogP contribution in [-0.2, 0) is 0 Å². The van der Waals surface area contributed by atoms with Crippen LogP contribution in [0.3, 0.4) is 0 Å². The van der Waals surface area contributed by atoms with Gasteiger partial charge in [-0.3, -0.25) is 0 Å². The van der Waals surface area contributed by atoms with E-state index in [2.05, 4.69) is 44.0 Å². The highest BCUT2D eigenvalue weighted by atomic mass is 79.9. The summed E-state index contributed by atoms with van der Waals surface area (Å²) in [7, 11) is 0. The molecule has 3 nitrogen and oxygen atoms in total. The van der Waals surface area contributed by atoms with Crippen LogP contribution in [-0.4, -0.2) is 28.1 Å². The number of hydrogen-bond donors (Lipinski definition) is 0. The van der Waals surface area contributed by atoms with Crippen LogP contribution in [0.25, 0.3) is 0 Å². The van der Waals surface area contributed by atoms with E-state index in [0.717, 1.165) is 30.5 Å². The predicted octanol–water partition coefficient (Wildman–Crippen LogP) is 2.78. The quantitative estimate of drug-likeness (QED) is 0.782. The van der Waals surface area contributed by atoms with Gasteiger partial charge in [0.15, 0.2) is 5.82 Å². The first-order valence-electron chi connectivity index (χ1n) is 5.86. The molecule has 1 saturated heterocycles. The van der Waals surface area contributed by atoms with Gasteiger partial charge in [-0.2, -0.15) is 5.10 Å². The van der Waals surface area contributed by atoms with Crippen molar-refractivity contribution < 1.29 is 0 Å². The van der Waals surface area contributed by atoms with E-state index in [1.807, 2.05) is 13.0 Å². The zero-order valence-corrected chi connectivity index (χ0v) is 11.4. The molecule has 0 bridgehead atoms. The Morgan fingerprint density at radius 2 is 2.00 bits per heavy atom. The molecule has 0 aliphatic carbocycles. The number of alkyl halides is 1. The molecule has 88 valence electrons. The lowest BCUT2D eigenvalue weighted by Gasteiger charge is -2.33. The molecule has 1 aromatic rings. The van der Waals surface area contributed by atoms with Crippen molar-refractivity contribution >= 4 is 21.7 Å². The van der Waals surface area contributed by atoms with Crippen molar-refractivity contribution in [3.8, 4) is 0 Å². The summed E-state index contributed by atoms with van der Waals surface area (Å²) in [6, 6.07) is 4.10. The fourth-order valence-electron chi connectivity index (χ4n) is 2.15. The fourth-order valence-corrected chi connectivity index (χ4v) is 2.68. The van der Waals surface area contributed by atoms with E-state index in [4.69, 9.17) is 0 Å². The van der Waals surface area contributed by atoms with Crippen LogP contribution in [0.5, 0.6) is 0 Å². The smallest absolute Gasteiger partial charge is 0.151 e. The molecule has 1 aliphatic heterocycles. The Bertz CT molecular complexity index is 329. The van der Waals surface area contributed by atoms with Crippen LogP contribution < -0.4 is 4.90 Å². The summed E-state index contributed by atoms with van der Waals surface area (Å²) in [6.45, 7) is 6.40. The third kappa shape index (κ3) is 2.73. The third-order valence-electron chi connectivity index (χ3n) is 3.30. The molecule has 0 saturated carbocycles. The third-order valence-corrected chi connectivity index (χ3v) is 4.04. The van der Waals surface area contributed by atoms with Crippen molar-refractivity contribution in [1.82, 2.24) is 10.2 Å². The minimum absolute atomic E-state index is 0.624. The average molecular weight is 284 g/mol. The maximum Gasteiger partial charge on any atom is 0.151 e. The first-order chi connectivity index (χ1) is 7.66. The predicted molar refractivity (Wildman–Crippen MR) is 70.1 cm³/mol.